The quantitative estimate of drug-likeness (QED) is 0.753. The summed E-state index contributed by atoms with van der Waals surface area (Å²) in [5.41, 5.74) is 1.41. The van der Waals surface area contributed by atoms with Crippen molar-refractivity contribution in [3.05, 3.63) is 34.9 Å². The highest BCUT2D eigenvalue weighted by atomic mass is 19.1. The van der Waals surface area contributed by atoms with Crippen LogP contribution < -0.4 is 5.32 Å². The number of benzene rings is 1. The van der Waals surface area contributed by atoms with Gasteiger partial charge in [0, 0.05) is 12.6 Å². The minimum absolute atomic E-state index is 0.254. The molecule has 0 radical (unpaired) electrons. The van der Waals surface area contributed by atoms with Crippen molar-refractivity contribution < 1.29 is 8.78 Å². The molecule has 0 spiro atoms. The Morgan fingerprint density at radius 1 is 1.33 bits per heavy atom. The topological polar surface area (TPSA) is 12.0 Å². The van der Waals surface area contributed by atoms with Gasteiger partial charge in [-0.05, 0) is 49.4 Å². The molecule has 1 aliphatic rings. The summed E-state index contributed by atoms with van der Waals surface area (Å²) in [5.74, 6) is -0.654. The van der Waals surface area contributed by atoms with E-state index in [-0.39, 0.29) is 5.92 Å². The molecule has 2 rings (SSSR count). The monoisotopic (exact) mass is 211 g/mol. The lowest BCUT2D eigenvalue weighted by atomic mass is 9.88. The molecule has 0 saturated carbocycles. The summed E-state index contributed by atoms with van der Waals surface area (Å²) in [6.45, 7) is 3.55. The average molecular weight is 211 g/mol. The highest BCUT2D eigenvalue weighted by Crippen LogP contribution is 2.28. The largest absolute Gasteiger partial charge is 0.316 e. The van der Waals surface area contributed by atoms with E-state index in [0.29, 0.717) is 5.56 Å². The van der Waals surface area contributed by atoms with Crippen LogP contribution in [-0.4, -0.2) is 13.1 Å². The minimum Gasteiger partial charge on any atom is -0.316 e. The zero-order chi connectivity index (χ0) is 10.8. The lowest BCUT2D eigenvalue weighted by molar-refractivity contribution is 0.455. The number of hydrogen-bond donors (Lipinski definition) is 1. The molecule has 15 heavy (non-hydrogen) atoms. The Hall–Kier alpha value is -0.960. The van der Waals surface area contributed by atoms with Gasteiger partial charge in [-0.1, -0.05) is 0 Å². The van der Waals surface area contributed by atoms with E-state index in [0.717, 1.165) is 37.6 Å². The third kappa shape index (κ3) is 2.17. The Balaban J connectivity index is 2.33. The molecule has 3 heteroatoms. The van der Waals surface area contributed by atoms with Crippen molar-refractivity contribution in [1.29, 1.82) is 0 Å². The number of piperidine rings is 1. The van der Waals surface area contributed by atoms with Crippen molar-refractivity contribution in [3.63, 3.8) is 0 Å². The summed E-state index contributed by atoms with van der Waals surface area (Å²) in [4.78, 5) is 0. The molecular formula is C12H15F2N. The van der Waals surface area contributed by atoms with Gasteiger partial charge in [-0.15, -0.1) is 0 Å². The van der Waals surface area contributed by atoms with E-state index in [4.69, 9.17) is 0 Å². The molecule has 1 atom stereocenters. The summed E-state index contributed by atoms with van der Waals surface area (Å²) in [6.07, 6.45) is 2.08. The number of rotatable bonds is 1. The molecule has 1 nitrogen and oxygen atoms in total. The molecule has 0 amide bonds. The van der Waals surface area contributed by atoms with E-state index in [1.165, 1.54) is 6.07 Å². The third-order valence-corrected chi connectivity index (χ3v) is 3.09. The van der Waals surface area contributed by atoms with Crippen molar-refractivity contribution >= 4 is 0 Å². The minimum atomic E-state index is -0.473. The Morgan fingerprint density at radius 3 is 2.80 bits per heavy atom. The van der Waals surface area contributed by atoms with Crippen molar-refractivity contribution in [2.24, 2.45) is 0 Å². The van der Waals surface area contributed by atoms with E-state index < -0.39 is 11.6 Å². The van der Waals surface area contributed by atoms with Crippen molar-refractivity contribution in [1.82, 2.24) is 5.32 Å². The molecule has 1 N–H and O–H groups in total. The first kappa shape index (κ1) is 10.6. The maximum Gasteiger partial charge on any atom is 0.129 e. The van der Waals surface area contributed by atoms with Crippen LogP contribution in [0.3, 0.4) is 0 Å². The molecule has 82 valence electrons. The van der Waals surface area contributed by atoms with Gasteiger partial charge in [0.1, 0.15) is 11.6 Å². The molecular weight excluding hydrogens is 196 g/mol. The fourth-order valence-corrected chi connectivity index (χ4v) is 2.21. The van der Waals surface area contributed by atoms with Crippen molar-refractivity contribution in [2.75, 3.05) is 13.1 Å². The summed E-state index contributed by atoms with van der Waals surface area (Å²) in [6, 6.07) is 2.42. The zero-order valence-corrected chi connectivity index (χ0v) is 8.82. The standard InChI is InChI=1S/C12H15F2N/c1-8-11(5-10(13)6-12(8)14)9-3-2-4-15-7-9/h5-6,9,15H,2-4,7H2,1H3. The number of nitrogens with one attached hydrogen (secondary N) is 1. The molecule has 1 unspecified atom stereocenters. The second kappa shape index (κ2) is 4.27. The normalized spacial score (nSPS) is 21.7. The predicted molar refractivity (Wildman–Crippen MR) is 55.9 cm³/mol. The number of halogens is 2. The lowest BCUT2D eigenvalue weighted by Gasteiger charge is -2.24. The second-order valence-electron chi connectivity index (χ2n) is 4.15. The van der Waals surface area contributed by atoms with Crippen LogP contribution in [-0.2, 0) is 0 Å². The maximum atomic E-state index is 13.3. The number of hydrogen-bond acceptors (Lipinski definition) is 1. The van der Waals surface area contributed by atoms with Crippen LogP contribution in [0.25, 0.3) is 0 Å². The zero-order valence-electron chi connectivity index (χ0n) is 8.82. The summed E-state index contributed by atoms with van der Waals surface area (Å²) < 4.78 is 26.4. The SMILES string of the molecule is Cc1c(F)cc(F)cc1C1CCCNC1. The Bertz CT molecular complexity index is 357. The highest BCUT2D eigenvalue weighted by Gasteiger charge is 2.19. The smallest absolute Gasteiger partial charge is 0.129 e. The second-order valence-corrected chi connectivity index (χ2v) is 4.15. The van der Waals surface area contributed by atoms with Crippen LogP contribution in [0.5, 0.6) is 0 Å². The van der Waals surface area contributed by atoms with E-state index in [2.05, 4.69) is 5.32 Å². The van der Waals surface area contributed by atoms with Gasteiger partial charge < -0.3 is 5.32 Å². The van der Waals surface area contributed by atoms with Crippen molar-refractivity contribution in [3.8, 4) is 0 Å². The first-order valence-corrected chi connectivity index (χ1v) is 5.34. The van der Waals surface area contributed by atoms with Crippen LogP contribution in [0.4, 0.5) is 8.78 Å². The molecule has 1 fully saturated rings. The van der Waals surface area contributed by atoms with Gasteiger partial charge in [-0.25, -0.2) is 8.78 Å². The maximum absolute atomic E-state index is 13.3. The molecule has 1 saturated heterocycles. The third-order valence-electron chi connectivity index (χ3n) is 3.09. The van der Waals surface area contributed by atoms with E-state index in [1.54, 1.807) is 6.92 Å². The van der Waals surface area contributed by atoms with Crippen LogP contribution in [0.15, 0.2) is 12.1 Å². The fourth-order valence-electron chi connectivity index (χ4n) is 2.21. The highest BCUT2D eigenvalue weighted by molar-refractivity contribution is 5.32. The van der Waals surface area contributed by atoms with E-state index in [1.807, 2.05) is 0 Å². The molecule has 0 aromatic heterocycles. The molecule has 1 aromatic carbocycles. The Morgan fingerprint density at radius 2 is 2.13 bits per heavy atom. The van der Waals surface area contributed by atoms with Gasteiger partial charge in [0.2, 0.25) is 0 Å². The van der Waals surface area contributed by atoms with Crippen LogP contribution in [0, 0.1) is 18.6 Å². The summed E-state index contributed by atoms with van der Waals surface area (Å²) in [7, 11) is 0. The van der Waals surface area contributed by atoms with Crippen molar-refractivity contribution in [2.45, 2.75) is 25.7 Å². The average Bonchev–Trinajstić information content (AvgIpc) is 2.24. The molecule has 1 aromatic rings. The molecule has 1 aliphatic heterocycles. The van der Waals surface area contributed by atoms with Crippen LogP contribution in [0.1, 0.15) is 29.9 Å². The van der Waals surface area contributed by atoms with Gasteiger partial charge in [-0.3, -0.25) is 0 Å². The van der Waals surface area contributed by atoms with Gasteiger partial charge in [0.15, 0.2) is 0 Å². The van der Waals surface area contributed by atoms with Crippen LogP contribution in [0.2, 0.25) is 0 Å². The Labute approximate surface area is 88.5 Å². The van der Waals surface area contributed by atoms with Gasteiger partial charge in [-0.2, -0.15) is 0 Å². The first-order valence-electron chi connectivity index (χ1n) is 5.34. The molecule has 1 heterocycles. The summed E-state index contributed by atoms with van der Waals surface area (Å²) in [5, 5.41) is 3.25. The van der Waals surface area contributed by atoms with Crippen LogP contribution >= 0.6 is 0 Å². The first-order chi connectivity index (χ1) is 7.18. The lowest BCUT2D eigenvalue weighted by Crippen LogP contribution is -2.28. The fraction of sp³-hybridized carbons (Fsp3) is 0.500. The van der Waals surface area contributed by atoms with Gasteiger partial charge in [0.05, 0.1) is 0 Å². The van der Waals surface area contributed by atoms with E-state index >= 15 is 0 Å². The predicted octanol–water partition coefficient (Wildman–Crippen LogP) is 2.74. The molecule has 0 bridgehead atoms. The van der Waals surface area contributed by atoms with E-state index in [9.17, 15) is 8.78 Å². The van der Waals surface area contributed by atoms with Gasteiger partial charge in [0.25, 0.3) is 0 Å². The summed E-state index contributed by atoms with van der Waals surface area (Å²) >= 11 is 0. The Kier molecular flexibility index (Phi) is 3.00. The van der Waals surface area contributed by atoms with Gasteiger partial charge >= 0.3 is 0 Å². The molecule has 0 aliphatic carbocycles.